The molecule has 1 amide bonds. The van der Waals surface area contributed by atoms with Gasteiger partial charge in [-0.2, -0.15) is 4.98 Å². The van der Waals surface area contributed by atoms with Gasteiger partial charge >= 0.3 is 0 Å². The Labute approximate surface area is 155 Å². The van der Waals surface area contributed by atoms with Crippen molar-refractivity contribution in [2.75, 3.05) is 19.1 Å². The van der Waals surface area contributed by atoms with Crippen LogP contribution in [0.1, 0.15) is 21.5 Å². The Morgan fingerprint density at radius 1 is 1.26 bits per heavy atom. The van der Waals surface area contributed by atoms with E-state index in [1.807, 2.05) is 26.0 Å². The molecule has 0 saturated heterocycles. The van der Waals surface area contributed by atoms with Crippen LogP contribution in [0.2, 0.25) is 0 Å². The summed E-state index contributed by atoms with van der Waals surface area (Å²) >= 11 is 0. The van der Waals surface area contributed by atoms with Crippen molar-refractivity contribution in [2.45, 2.75) is 19.0 Å². The summed E-state index contributed by atoms with van der Waals surface area (Å²) in [7, 11) is -2.13. The fourth-order valence-corrected chi connectivity index (χ4v) is 3.61. The second-order valence-corrected chi connectivity index (χ2v) is 8.09. The van der Waals surface area contributed by atoms with Crippen LogP contribution in [0.15, 0.2) is 23.5 Å². The third kappa shape index (κ3) is 2.87. The summed E-state index contributed by atoms with van der Waals surface area (Å²) in [5.74, 6) is -0.100. The summed E-state index contributed by atoms with van der Waals surface area (Å²) in [4.78, 5) is 20.0. The molecule has 0 spiro atoms. The molecule has 0 radical (unpaired) electrons. The number of amides is 1. The molecule has 0 atom stereocenters. The van der Waals surface area contributed by atoms with E-state index in [0.717, 1.165) is 17.4 Å². The van der Waals surface area contributed by atoms with E-state index >= 15 is 0 Å². The van der Waals surface area contributed by atoms with E-state index in [1.165, 1.54) is 17.9 Å². The molecule has 0 aliphatic carbocycles. The molecular formula is C17H19N5O4S. The van der Waals surface area contributed by atoms with Crippen molar-refractivity contribution in [3.05, 3.63) is 35.0 Å². The maximum Gasteiger partial charge on any atom is 0.253 e. The van der Waals surface area contributed by atoms with Gasteiger partial charge in [0.25, 0.3) is 5.91 Å². The number of carbonyl (C=O) groups excluding carboxylic acids is 1. The number of hydrogen-bond acceptors (Lipinski definition) is 7. The monoisotopic (exact) mass is 389 g/mol. The fourth-order valence-electron chi connectivity index (χ4n) is 3.11. The predicted octanol–water partition coefficient (Wildman–Crippen LogP) is 1.13. The highest BCUT2D eigenvalue weighted by Crippen LogP contribution is 2.35. The lowest BCUT2D eigenvalue weighted by atomic mass is 10.1. The second kappa shape index (κ2) is 6.23. The summed E-state index contributed by atoms with van der Waals surface area (Å²) in [5, 5.41) is -0.100. The molecule has 0 aliphatic heterocycles. The molecule has 0 aliphatic rings. The molecule has 0 saturated carbocycles. The topological polar surface area (TPSA) is 143 Å². The van der Waals surface area contributed by atoms with Crippen LogP contribution in [0.4, 0.5) is 5.82 Å². The molecule has 142 valence electrons. The van der Waals surface area contributed by atoms with Crippen LogP contribution in [0.3, 0.4) is 0 Å². The number of aromatic nitrogens is 3. The van der Waals surface area contributed by atoms with Crippen molar-refractivity contribution < 1.29 is 17.9 Å². The molecule has 27 heavy (non-hydrogen) atoms. The number of ether oxygens (including phenoxy) is 1. The number of methoxy groups -OCH3 is 1. The van der Waals surface area contributed by atoms with Crippen LogP contribution in [-0.4, -0.2) is 42.2 Å². The number of sulfone groups is 1. The summed E-state index contributed by atoms with van der Waals surface area (Å²) in [6.45, 7) is 3.69. The van der Waals surface area contributed by atoms with Crippen molar-refractivity contribution in [1.29, 1.82) is 0 Å². The summed E-state index contributed by atoms with van der Waals surface area (Å²) in [6, 6.07) is 3.64. The highest BCUT2D eigenvalue weighted by Gasteiger charge is 2.25. The van der Waals surface area contributed by atoms with Gasteiger partial charge in [-0.15, -0.1) is 0 Å². The van der Waals surface area contributed by atoms with Gasteiger partial charge in [0.1, 0.15) is 11.6 Å². The molecule has 1 aromatic carbocycles. The summed E-state index contributed by atoms with van der Waals surface area (Å²) < 4.78 is 30.7. The van der Waals surface area contributed by atoms with E-state index in [4.69, 9.17) is 16.2 Å². The highest BCUT2D eigenvalue weighted by atomic mass is 32.2. The van der Waals surface area contributed by atoms with Gasteiger partial charge < -0.3 is 16.2 Å². The number of nitrogens with zero attached hydrogens (tertiary/aromatic N) is 3. The van der Waals surface area contributed by atoms with E-state index in [2.05, 4.69) is 9.97 Å². The maximum absolute atomic E-state index is 12.0. The van der Waals surface area contributed by atoms with Crippen molar-refractivity contribution in [1.82, 2.24) is 14.5 Å². The molecule has 10 heteroatoms. The predicted molar refractivity (Wildman–Crippen MR) is 101 cm³/mol. The molecule has 4 N–H and O–H groups in total. The van der Waals surface area contributed by atoms with E-state index in [1.54, 1.807) is 0 Å². The van der Waals surface area contributed by atoms with Gasteiger partial charge in [0.05, 0.1) is 23.7 Å². The van der Waals surface area contributed by atoms with Crippen molar-refractivity contribution in [3.8, 4) is 11.4 Å². The first-order chi connectivity index (χ1) is 12.6. The number of carbonyl (C=O) groups is 1. The number of hydrogen-bond donors (Lipinski definition) is 2. The van der Waals surface area contributed by atoms with E-state index in [-0.39, 0.29) is 27.6 Å². The van der Waals surface area contributed by atoms with Crippen LogP contribution in [-0.2, 0) is 9.84 Å². The number of fused-ring (bicyclic) bond motifs is 1. The van der Waals surface area contributed by atoms with Gasteiger partial charge in [0, 0.05) is 18.0 Å². The molecule has 2 aromatic heterocycles. The Hall–Kier alpha value is -3.14. The van der Waals surface area contributed by atoms with E-state index in [9.17, 15) is 13.2 Å². The standard InChI is InChI=1S/C17H19N5O4S/c1-8-5-6-11(26-3)9(2)13(8)22-14(18)12(15(19)23)10-7-20-17(21-16(10)22)27(4,24)25/h5-7H,18H2,1-4H3,(H2,19,23). The number of rotatable bonds is 4. The Balaban J connectivity index is 2.53. The van der Waals surface area contributed by atoms with E-state index < -0.39 is 15.7 Å². The number of primary amides is 1. The van der Waals surface area contributed by atoms with Crippen molar-refractivity contribution in [2.24, 2.45) is 5.73 Å². The van der Waals surface area contributed by atoms with Crippen molar-refractivity contribution >= 4 is 32.6 Å². The van der Waals surface area contributed by atoms with E-state index in [0.29, 0.717) is 11.4 Å². The quantitative estimate of drug-likeness (QED) is 0.637. The zero-order valence-corrected chi connectivity index (χ0v) is 16.1. The zero-order chi connectivity index (χ0) is 20.1. The first kappa shape index (κ1) is 18.6. The number of nitrogens with two attached hydrogens (primary N) is 2. The van der Waals surface area contributed by atoms with Gasteiger partial charge in [0.15, 0.2) is 5.65 Å². The second-order valence-electron chi connectivity index (χ2n) is 6.18. The Morgan fingerprint density at radius 2 is 1.93 bits per heavy atom. The lowest BCUT2D eigenvalue weighted by molar-refractivity contribution is 0.100. The minimum absolute atomic E-state index is 0.0340. The lowest BCUT2D eigenvalue weighted by Crippen LogP contribution is -2.14. The van der Waals surface area contributed by atoms with Gasteiger partial charge in [-0.3, -0.25) is 9.36 Å². The average Bonchev–Trinajstić information content (AvgIpc) is 2.86. The largest absolute Gasteiger partial charge is 0.496 e. The lowest BCUT2D eigenvalue weighted by Gasteiger charge is -2.16. The number of anilines is 1. The first-order valence-corrected chi connectivity index (χ1v) is 9.78. The molecular weight excluding hydrogens is 370 g/mol. The minimum atomic E-state index is -3.67. The van der Waals surface area contributed by atoms with Gasteiger partial charge in [-0.1, -0.05) is 6.07 Å². The number of benzene rings is 1. The third-order valence-electron chi connectivity index (χ3n) is 4.33. The van der Waals surface area contributed by atoms with Crippen molar-refractivity contribution in [3.63, 3.8) is 0 Å². The minimum Gasteiger partial charge on any atom is -0.496 e. The fraction of sp³-hybridized carbons (Fsp3) is 0.235. The van der Waals surface area contributed by atoms with Crippen LogP contribution < -0.4 is 16.2 Å². The third-order valence-corrected chi connectivity index (χ3v) is 5.19. The number of aryl methyl sites for hydroxylation is 1. The zero-order valence-electron chi connectivity index (χ0n) is 15.3. The Bertz CT molecular complexity index is 1200. The Kier molecular flexibility index (Phi) is 4.31. The van der Waals surface area contributed by atoms with Crippen LogP contribution in [0.25, 0.3) is 16.7 Å². The Morgan fingerprint density at radius 3 is 2.48 bits per heavy atom. The van der Waals surface area contributed by atoms with Gasteiger partial charge in [-0.05, 0) is 25.5 Å². The van der Waals surface area contributed by atoms with Gasteiger partial charge in [-0.25, -0.2) is 13.4 Å². The van der Waals surface area contributed by atoms with Crippen LogP contribution in [0, 0.1) is 13.8 Å². The molecule has 0 unspecified atom stereocenters. The van der Waals surface area contributed by atoms with Crippen LogP contribution >= 0.6 is 0 Å². The van der Waals surface area contributed by atoms with Gasteiger partial charge in [0.2, 0.25) is 15.0 Å². The molecule has 3 rings (SSSR count). The van der Waals surface area contributed by atoms with Crippen LogP contribution in [0.5, 0.6) is 5.75 Å². The average molecular weight is 389 g/mol. The summed E-state index contributed by atoms with van der Waals surface area (Å²) in [6.07, 6.45) is 2.25. The highest BCUT2D eigenvalue weighted by molar-refractivity contribution is 7.90. The molecule has 2 heterocycles. The first-order valence-electron chi connectivity index (χ1n) is 7.89. The molecule has 9 nitrogen and oxygen atoms in total. The number of nitrogen functional groups attached to an aromatic ring is 1. The molecule has 0 bridgehead atoms. The smallest absolute Gasteiger partial charge is 0.253 e. The maximum atomic E-state index is 12.0. The SMILES string of the molecule is COc1ccc(C)c(-n2c(N)c(C(N)=O)c3cnc(S(C)(=O)=O)nc32)c1C. The normalized spacial score (nSPS) is 11.7. The summed E-state index contributed by atoms with van der Waals surface area (Å²) in [5.41, 5.74) is 14.2. The molecule has 3 aromatic rings. The molecule has 0 fully saturated rings.